The second-order valence-corrected chi connectivity index (χ2v) is 7.93. The van der Waals surface area contributed by atoms with Crippen molar-refractivity contribution in [1.29, 1.82) is 0 Å². The molecule has 166 valence electrons. The Balaban J connectivity index is 1.25. The number of likely N-dealkylation sites (tertiary alicyclic amines) is 1. The number of carbonyl (C=O) groups excluding carboxylic acids is 1. The molecule has 9 nitrogen and oxygen atoms in total. The highest BCUT2D eigenvalue weighted by atomic mass is 16.6. The number of rotatable bonds is 6. The number of carbonyl (C=O) groups is 1. The van der Waals surface area contributed by atoms with Crippen molar-refractivity contribution < 1.29 is 14.3 Å². The van der Waals surface area contributed by atoms with E-state index < -0.39 is 0 Å². The number of benzene rings is 1. The predicted octanol–water partition coefficient (Wildman–Crippen LogP) is 1.93. The number of nitrogens with zero attached hydrogens (tertiary/aromatic N) is 2. The quantitative estimate of drug-likeness (QED) is 0.646. The average molecular weight is 428 g/mol. The molecule has 0 bridgehead atoms. The molecule has 2 aliphatic rings. The fourth-order valence-corrected chi connectivity index (χ4v) is 4.05. The summed E-state index contributed by atoms with van der Waals surface area (Å²) >= 11 is 0. The van der Waals surface area contributed by atoms with Gasteiger partial charge >= 0.3 is 0 Å². The Bertz CT molecular complexity index is 998. The summed E-state index contributed by atoms with van der Waals surface area (Å²) in [5, 5.41) is 6.27. The lowest BCUT2D eigenvalue weighted by Gasteiger charge is -2.32. The van der Waals surface area contributed by atoms with Crippen LogP contribution in [0.4, 0.5) is 11.6 Å². The molecule has 1 fully saturated rings. The van der Waals surface area contributed by atoms with Gasteiger partial charge in [0.25, 0.3) is 5.56 Å². The molecule has 2 aliphatic heterocycles. The largest absolute Gasteiger partial charge is 0.486 e. The number of ether oxygens (including phenoxy) is 2. The van der Waals surface area contributed by atoms with Crippen LogP contribution in [0.15, 0.2) is 23.0 Å². The van der Waals surface area contributed by atoms with Crippen LogP contribution in [0, 0.1) is 6.92 Å². The second-order valence-electron chi connectivity index (χ2n) is 7.93. The molecule has 0 atom stereocenters. The molecule has 1 amide bonds. The molecule has 9 heteroatoms. The van der Waals surface area contributed by atoms with E-state index in [2.05, 4.69) is 25.5 Å². The van der Waals surface area contributed by atoms with E-state index in [0.29, 0.717) is 49.3 Å². The number of aryl methyl sites for hydroxylation is 1. The number of hydrogen-bond acceptors (Lipinski definition) is 7. The van der Waals surface area contributed by atoms with Gasteiger partial charge < -0.3 is 20.1 Å². The van der Waals surface area contributed by atoms with Gasteiger partial charge in [0.1, 0.15) is 13.2 Å². The highest BCUT2D eigenvalue weighted by Gasteiger charge is 2.22. The van der Waals surface area contributed by atoms with Crippen LogP contribution >= 0.6 is 0 Å². The summed E-state index contributed by atoms with van der Waals surface area (Å²) < 4.78 is 11.1. The molecular formula is C22H29N5O4. The van der Waals surface area contributed by atoms with Gasteiger partial charge in [0.2, 0.25) is 11.9 Å². The zero-order chi connectivity index (χ0) is 21.8. The minimum atomic E-state index is -0.0780. The predicted molar refractivity (Wildman–Crippen MR) is 118 cm³/mol. The zero-order valence-electron chi connectivity index (χ0n) is 18.0. The molecule has 0 spiro atoms. The van der Waals surface area contributed by atoms with E-state index in [9.17, 15) is 9.59 Å². The van der Waals surface area contributed by atoms with Gasteiger partial charge in [-0.15, -0.1) is 0 Å². The van der Waals surface area contributed by atoms with Crippen molar-refractivity contribution in [2.75, 3.05) is 43.5 Å². The Morgan fingerprint density at radius 1 is 1.23 bits per heavy atom. The summed E-state index contributed by atoms with van der Waals surface area (Å²) in [5.41, 5.74) is 2.11. The van der Waals surface area contributed by atoms with Crippen LogP contribution < -0.4 is 25.7 Å². The Hall–Kier alpha value is -3.07. The zero-order valence-corrected chi connectivity index (χ0v) is 18.0. The lowest BCUT2D eigenvalue weighted by Crippen LogP contribution is -2.43. The fraction of sp³-hybridized carbons (Fsp3) is 0.500. The summed E-state index contributed by atoms with van der Waals surface area (Å²) in [5.74, 6) is 1.83. The van der Waals surface area contributed by atoms with Crippen LogP contribution in [0.1, 0.15) is 31.0 Å². The summed E-state index contributed by atoms with van der Waals surface area (Å²) in [7, 11) is 0. The van der Waals surface area contributed by atoms with Crippen molar-refractivity contribution in [2.24, 2.45) is 0 Å². The number of aromatic amines is 1. The van der Waals surface area contributed by atoms with Crippen molar-refractivity contribution in [3.05, 3.63) is 39.8 Å². The van der Waals surface area contributed by atoms with E-state index in [4.69, 9.17) is 9.47 Å². The molecule has 2 aromatic rings. The second kappa shape index (κ2) is 9.38. The number of aromatic nitrogens is 2. The van der Waals surface area contributed by atoms with Gasteiger partial charge in [-0.05, 0) is 38.3 Å². The molecule has 31 heavy (non-hydrogen) atoms. The lowest BCUT2D eigenvalue weighted by atomic mass is 10.1. The highest BCUT2D eigenvalue weighted by molar-refractivity contribution is 5.92. The van der Waals surface area contributed by atoms with Gasteiger partial charge in [0.15, 0.2) is 11.5 Å². The van der Waals surface area contributed by atoms with Crippen molar-refractivity contribution >= 4 is 17.5 Å². The highest BCUT2D eigenvalue weighted by Crippen LogP contribution is 2.32. The first-order chi connectivity index (χ1) is 15.0. The maximum Gasteiger partial charge on any atom is 0.255 e. The van der Waals surface area contributed by atoms with Crippen LogP contribution in [0.5, 0.6) is 11.5 Å². The smallest absolute Gasteiger partial charge is 0.255 e. The molecular weight excluding hydrogens is 398 g/mol. The molecule has 1 aromatic heterocycles. The van der Waals surface area contributed by atoms with E-state index in [-0.39, 0.29) is 17.5 Å². The Labute approximate surface area is 181 Å². The molecule has 3 heterocycles. The third-order valence-corrected chi connectivity index (χ3v) is 5.70. The van der Waals surface area contributed by atoms with Gasteiger partial charge in [0, 0.05) is 42.1 Å². The molecule has 3 N–H and O–H groups in total. The van der Waals surface area contributed by atoms with Crippen molar-refractivity contribution in [2.45, 2.75) is 39.2 Å². The SMILES string of the molecule is CCc1c(C)nc(NC2CCN(CC(=O)Nc3ccc4c(c3)OCCO4)CC2)[nH]c1=O. The third-order valence-electron chi connectivity index (χ3n) is 5.70. The lowest BCUT2D eigenvalue weighted by molar-refractivity contribution is -0.117. The first kappa shape index (κ1) is 21.2. The number of fused-ring (bicyclic) bond motifs is 1. The molecule has 1 aromatic carbocycles. The van der Waals surface area contributed by atoms with Crippen LogP contribution in [0.25, 0.3) is 0 Å². The van der Waals surface area contributed by atoms with Crippen LogP contribution in [0.2, 0.25) is 0 Å². The first-order valence-electron chi connectivity index (χ1n) is 10.8. The van der Waals surface area contributed by atoms with Gasteiger partial charge in [-0.1, -0.05) is 6.92 Å². The van der Waals surface area contributed by atoms with E-state index in [1.807, 2.05) is 26.0 Å². The number of amides is 1. The van der Waals surface area contributed by atoms with Crippen molar-refractivity contribution in [3.8, 4) is 11.5 Å². The van der Waals surface area contributed by atoms with E-state index in [1.54, 1.807) is 6.07 Å². The third kappa shape index (κ3) is 5.16. The van der Waals surface area contributed by atoms with E-state index in [1.165, 1.54) is 0 Å². The molecule has 0 aliphatic carbocycles. The minimum Gasteiger partial charge on any atom is -0.486 e. The fourth-order valence-electron chi connectivity index (χ4n) is 4.05. The Morgan fingerprint density at radius 2 is 1.97 bits per heavy atom. The van der Waals surface area contributed by atoms with Crippen LogP contribution in [0.3, 0.4) is 0 Å². The monoisotopic (exact) mass is 427 g/mol. The Morgan fingerprint density at radius 3 is 2.68 bits per heavy atom. The summed E-state index contributed by atoms with van der Waals surface area (Å²) in [6.07, 6.45) is 2.41. The molecule has 0 unspecified atom stereocenters. The van der Waals surface area contributed by atoms with Crippen LogP contribution in [-0.2, 0) is 11.2 Å². The molecule has 1 saturated heterocycles. The summed E-state index contributed by atoms with van der Waals surface area (Å²) in [6.45, 7) is 6.79. The molecule has 4 rings (SSSR count). The number of H-pyrrole nitrogens is 1. The number of anilines is 2. The standard InChI is InChI=1S/C22H29N5O4/c1-3-17-14(2)23-22(26-21(17)29)25-15-6-8-27(9-7-15)13-20(28)24-16-4-5-18-19(12-16)31-11-10-30-18/h4-5,12,15H,3,6-11,13H2,1-2H3,(H,24,28)(H2,23,25,26,29). The number of hydrogen-bond donors (Lipinski definition) is 3. The van der Waals surface area contributed by atoms with Gasteiger partial charge in [-0.25, -0.2) is 4.98 Å². The van der Waals surface area contributed by atoms with Gasteiger partial charge in [-0.3, -0.25) is 19.5 Å². The minimum absolute atomic E-state index is 0.0557. The number of nitrogens with one attached hydrogen (secondary N) is 3. The topological polar surface area (TPSA) is 109 Å². The van der Waals surface area contributed by atoms with E-state index in [0.717, 1.165) is 37.2 Å². The summed E-state index contributed by atoms with van der Waals surface area (Å²) in [6, 6.07) is 5.64. The maximum atomic E-state index is 12.5. The van der Waals surface area contributed by atoms with Crippen molar-refractivity contribution in [1.82, 2.24) is 14.9 Å². The molecule has 0 radical (unpaired) electrons. The van der Waals surface area contributed by atoms with Crippen LogP contribution in [-0.4, -0.2) is 59.7 Å². The van der Waals surface area contributed by atoms with Gasteiger partial charge in [0.05, 0.1) is 6.54 Å². The first-order valence-corrected chi connectivity index (χ1v) is 10.8. The average Bonchev–Trinajstić information content (AvgIpc) is 2.75. The number of piperidine rings is 1. The summed E-state index contributed by atoms with van der Waals surface area (Å²) in [4.78, 5) is 34.0. The molecule has 0 saturated carbocycles. The maximum absolute atomic E-state index is 12.5. The van der Waals surface area contributed by atoms with Crippen molar-refractivity contribution in [3.63, 3.8) is 0 Å². The normalized spacial score (nSPS) is 16.7. The van der Waals surface area contributed by atoms with Gasteiger partial charge in [-0.2, -0.15) is 0 Å². The van der Waals surface area contributed by atoms with E-state index >= 15 is 0 Å². The Kier molecular flexibility index (Phi) is 6.41.